The van der Waals surface area contributed by atoms with Gasteiger partial charge in [-0.3, -0.25) is 9.69 Å². The van der Waals surface area contributed by atoms with Gasteiger partial charge >= 0.3 is 0 Å². The minimum absolute atomic E-state index is 0.0466. The van der Waals surface area contributed by atoms with E-state index >= 15 is 0 Å². The number of ketones is 1. The molecule has 2 aliphatic rings. The summed E-state index contributed by atoms with van der Waals surface area (Å²) in [6.07, 6.45) is 4.97. The molecule has 0 bridgehead atoms. The standard InChI is InChI=1S/C31H35NO4/c1-21-4-5-24-18-23(22-6-10-26(11-7-22)36-17-16-32-14-2-3-15-32)8-12-27(24)29(21)20-31(35)28-13-9-25(33)19-30(28)34/h6-13,18-19,21,29,33-34H,2-5,14-17,20H2,1H3/t21-,29?/m0/s1. The maximum Gasteiger partial charge on any atom is 0.167 e. The number of Topliss-reactive ketones (excluding diaryl/α,β-unsaturated/α-hetero) is 1. The molecule has 5 rings (SSSR count). The monoisotopic (exact) mass is 485 g/mol. The van der Waals surface area contributed by atoms with E-state index in [9.17, 15) is 15.0 Å². The molecule has 1 unspecified atom stereocenters. The third-order valence-electron chi connectivity index (χ3n) is 7.85. The van der Waals surface area contributed by atoms with Gasteiger partial charge in [0.1, 0.15) is 23.9 Å². The van der Waals surface area contributed by atoms with E-state index in [-0.39, 0.29) is 28.8 Å². The van der Waals surface area contributed by atoms with Crippen molar-refractivity contribution in [1.29, 1.82) is 0 Å². The van der Waals surface area contributed by atoms with Gasteiger partial charge in [-0.2, -0.15) is 0 Å². The number of fused-ring (bicyclic) bond motifs is 1. The average Bonchev–Trinajstić information content (AvgIpc) is 3.39. The van der Waals surface area contributed by atoms with Crippen molar-refractivity contribution < 1.29 is 19.7 Å². The number of hydrogen-bond acceptors (Lipinski definition) is 5. The van der Waals surface area contributed by atoms with Gasteiger partial charge in [-0.25, -0.2) is 0 Å². The molecular weight excluding hydrogens is 450 g/mol. The van der Waals surface area contributed by atoms with E-state index in [0.29, 0.717) is 12.3 Å². The SMILES string of the molecule is C[C@H]1CCc2cc(-c3ccc(OCCN4CCCC4)cc3)ccc2C1CC(=O)c1ccc(O)cc1O. The average molecular weight is 486 g/mol. The molecular formula is C31H35NO4. The highest BCUT2D eigenvalue weighted by atomic mass is 16.5. The van der Waals surface area contributed by atoms with Gasteiger partial charge < -0.3 is 14.9 Å². The lowest BCUT2D eigenvalue weighted by Crippen LogP contribution is -2.25. The second-order valence-corrected chi connectivity index (χ2v) is 10.3. The van der Waals surface area contributed by atoms with Crippen LogP contribution < -0.4 is 4.74 Å². The molecule has 0 saturated carbocycles. The first-order valence-electron chi connectivity index (χ1n) is 13.1. The number of hydrogen-bond donors (Lipinski definition) is 2. The molecule has 3 aromatic rings. The van der Waals surface area contributed by atoms with Crippen LogP contribution in [-0.4, -0.2) is 47.1 Å². The molecule has 1 fully saturated rings. The number of likely N-dealkylation sites (tertiary alicyclic amines) is 1. The van der Waals surface area contributed by atoms with Crippen LogP contribution >= 0.6 is 0 Å². The predicted molar refractivity (Wildman–Crippen MR) is 142 cm³/mol. The lowest BCUT2D eigenvalue weighted by Gasteiger charge is -2.31. The van der Waals surface area contributed by atoms with E-state index in [1.54, 1.807) is 0 Å². The van der Waals surface area contributed by atoms with Gasteiger partial charge in [-0.1, -0.05) is 37.3 Å². The molecule has 5 nitrogen and oxygen atoms in total. The first-order chi connectivity index (χ1) is 17.5. The van der Waals surface area contributed by atoms with Crippen LogP contribution in [0.5, 0.6) is 17.2 Å². The van der Waals surface area contributed by atoms with Crippen LogP contribution in [0.15, 0.2) is 60.7 Å². The first kappa shape index (κ1) is 24.4. The van der Waals surface area contributed by atoms with E-state index < -0.39 is 0 Å². The van der Waals surface area contributed by atoms with Crippen LogP contribution in [0.4, 0.5) is 0 Å². The van der Waals surface area contributed by atoms with Crippen LogP contribution in [0, 0.1) is 5.92 Å². The van der Waals surface area contributed by atoms with Crippen molar-refractivity contribution in [2.24, 2.45) is 5.92 Å². The quantitative estimate of drug-likeness (QED) is 0.373. The van der Waals surface area contributed by atoms with E-state index in [0.717, 1.165) is 37.3 Å². The zero-order valence-electron chi connectivity index (χ0n) is 21.0. The fourth-order valence-corrected chi connectivity index (χ4v) is 5.67. The van der Waals surface area contributed by atoms with Crippen molar-refractivity contribution in [3.05, 3.63) is 77.4 Å². The normalized spacial score (nSPS) is 19.7. The minimum atomic E-state index is -0.164. The molecule has 5 heteroatoms. The third kappa shape index (κ3) is 5.41. The molecule has 2 N–H and O–H groups in total. The highest BCUT2D eigenvalue weighted by molar-refractivity contribution is 5.99. The van der Waals surface area contributed by atoms with E-state index in [1.807, 2.05) is 12.1 Å². The summed E-state index contributed by atoms with van der Waals surface area (Å²) >= 11 is 0. The molecule has 36 heavy (non-hydrogen) atoms. The molecule has 0 spiro atoms. The summed E-state index contributed by atoms with van der Waals surface area (Å²) in [5.74, 6) is 1.08. The van der Waals surface area contributed by atoms with Crippen LogP contribution in [0.1, 0.15) is 60.0 Å². The first-order valence-corrected chi connectivity index (χ1v) is 13.1. The second-order valence-electron chi connectivity index (χ2n) is 10.3. The highest BCUT2D eigenvalue weighted by Gasteiger charge is 2.29. The molecule has 3 aromatic carbocycles. The zero-order chi connectivity index (χ0) is 25.1. The van der Waals surface area contributed by atoms with Crippen molar-refractivity contribution >= 4 is 5.78 Å². The number of rotatable bonds is 8. The number of aromatic hydroxyl groups is 2. The Morgan fingerprint density at radius 2 is 1.72 bits per heavy atom. The van der Waals surface area contributed by atoms with Gasteiger partial charge in [0.25, 0.3) is 0 Å². The Bertz CT molecular complexity index is 1210. The van der Waals surface area contributed by atoms with Crippen molar-refractivity contribution in [3.63, 3.8) is 0 Å². The fraction of sp³-hybridized carbons (Fsp3) is 0.387. The Balaban J connectivity index is 1.27. The molecule has 1 aliphatic carbocycles. The number of carbonyl (C=O) groups is 1. The van der Waals surface area contributed by atoms with Gasteiger partial charge in [0.2, 0.25) is 0 Å². The summed E-state index contributed by atoms with van der Waals surface area (Å²) in [5.41, 5.74) is 5.12. The molecule has 0 amide bonds. The van der Waals surface area contributed by atoms with Crippen molar-refractivity contribution in [2.75, 3.05) is 26.2 Å². The Morgan fingerprint density at radius 3 is 2.47 bits per heavy atom. The van der Waals surface area contributed by atoms with Gasteiger partial charge in [-0.05, 0) is 97.1 Å². The lowest BCUT2D eigenvalue weighted by molar-refractivity contribution is 0.0960. The summed E-state index contributed by atoms with van der Waals surface area (Å²) in [7, 11) is 0. The van der Waals surface area contributed by atoms with Gasteiger partial charge in [0, 0.05) is 19.0 Å². The van der Waals surface area contributed by atoms with Gasteiger partial charge in [-0.15, -0.1) is 0 Å². The van der Waals surface area contributed by atoms with Crippen molar-refractivity contribution in [3.8, 4) is 28.4 Å². The lowest BCUT2D eigenvalue weighted by atomic mass is 9.73. The summed E-state index contributed by atoms with van der Waals surface area (Å²) in [6.45, 7) is 6.29. The Kier molecular flexibility index (Phi) is 7.28. The Hall–Kier alpha value is -3.31. The van der Waals surface area contributed by atoms with E-state index in [4.69, 9.17) is 4.74 Å². The highest BCUT2D eigenvalue weighted by Crippen LogP contribution is 2.41. The van der Waals surface area contributed by atoms with Gasteiger partial charge in [0.15, 0.2) is 5.78 Å². The Morgan fingerprint density at radius 1 is 0.972 bits per heavy atom. The number of phenols is 2. The number of benzene rings is 3. The van der Waals surface area contributed by atoms with Crippen LogP contribution in [0.2, 0.25) is 0 Å². The number of nitrogens with zero attached hydrogens (tertiary/aromatic N) is 1. The van der Waals surface area contributed by atoms with Crippen molar-refractivity contribution in [2.45, 2.75) is 44.9 Å². The maximum atomic E-state index is 13.0. The smallest absolute Gasteiger partial charge is 0.167 e. The van der Waals surface area contributed by atoms with E-state index in [1.165, 1.54) is 60.8 Å². The number of carbonyl (C=O) groups excluding carboxylic acids is 1. The second kappa shape index (κ2) is 10.8. The molecule has 2 atom stereocenters. The molecule has 188 valence electrons. The summed E-state index contributed by atoms with van der Waals surface area (Å²) in [4.78, 5) is 15.5. The molecule has 1 heterocycles. The Labute approximate surface area is 213 Å². The van der Waals surface area contributed by atoms with Crippen molar-refractivity contribution in [1.82, 2.24) is 4.90 Å². The summed E-state index contributed by atoms with van der Waals surface area (Å²) in [5, 5.41) is 19.7. The van der Waals surface area contributed by atoms with E-state index in [2.05, 4.69) is 42.2 Å². The maximum absolute atomic E-state index is 13.0. The van der Waals surface area contributed by atoms with Crippen LogP contribution in [0.3, 0.4) is 0 Å². The topological polar surface area (TPSA) is 70.0 Å². The molecule has 0 aromatic heterocycles. The fourth-order valence-electron chi connectivity index (χ4n) is 5.67. The minimum Gasteiger partial charge on any atom is -0.508 e. The third-order valence-corrected chi connectivity index (χ3v) is 7.85. The van der Waals surface area contributed by atoms with Gasteiger partial charge in [0.05, 0.1) is 5.56 Å². The number of ether oxygens (including phenoxy) is 1. The summed E-state index contributed by atoms with van der Waals surface area (Å²) in [6, 6.07) is 19.1. The largest absolute Gasteiger partial charge is 0.508 e. The number of aryl methyl sites for hydroxylation is 1. The molecule has 1 aliphatic heterocycles. The number of phenolic OH excluding ortho intramolecular Hbond substituents is 2. The zero-order valence-corrected chi connectivity index (χ0v) is 21.0. The molecule has 0 radical (unpaired) electrons. The summed E-state index contributed by atoms with van der Waals surface area (Å²) < 4.78 is 5.96. The van der Waals surface area contributed by atoms with Crippen LogP contribution in [0.25, 0.3) is 11.1 Å². The molecule has 1 saturated heterocycles. The predicted octanol–water partition coefficient (Wildman–Crippen LogP) is 6.18. The van der Waals surface area contributed by atoms with Crippen LogP contribution in [-0.2, 0) is 6.42 Å².